The third kappa shape index (κ3) is 3.26. The average Bonchev–Trinajstić information content (AvgIpc) is 2.53. The van der Waals surface area contributed by atoms with E-state index >= 15 is 0 Å². The SMILES string of the molecule is COc1cccc(C(=O)N2CCC(C(N)=S)CC2)c1OC. The van der Waals surface area contributed by atoms with Crippen molar-refractivity contribution in [2.75, 3.05) is 27.3 Å². The van der Waals surface area contributed by atoms with Gasteiger partial charge in [0.25, 0.3) is 5.91 Å². The highest BCUT2D eigenvalue weighted by Gasteiger charge is 2.27. The lowest BCUT2D eigenvalue weighted by atomic mass is 9.96. The molecule has 0 bridgehead atoms. The molecule has 0 spiro atoms. The molecule has 1 amide bonds. The third-order valence-corrected chi connectivity index (χ3v) is 4.15. The zero-order chi connectivity index (χ0) is 15.4. The predicted molar refractivity (Wildman–Crippen MR) is 85.0 cm³/mol. The molecule has 21 heavy (non-hydrogen) atoms. The van der Waals surface area contributed by atoms with E-state index in [4.69, 9.17) is 27.4 Å². The Morgan fingerprint density at radius 2 is 1.95 bits per heavy atom. The second kappa shape index (κ2) is 6.76. The number of benzene rings is 1. The Bertz CT molecular complexity index is 540. The van der Waals surface area contributed by atoms with Crippen LogP contribution >= 0.6 is 12.2 Å². The zero-order valence-electron chi connectivity index (χ0n) is 12.3. The number of nitrogens with zero attached hydrogens (tertiary/aromatic N) is 1. The first kappa shape index (κ1) is 15.6. The number of piperidine rings is 1. The zero-order valence-corrected chi connectivity index (χ0v) is 13.1. The van der Waals surface area contributed by atoms with Crippen molar-refractivity contribution in [2.45, 2.75) is 12.8 Å². The maximum atomic E-state index is 12.7. The second-order valence-corrected chi connectivity index (χ2v) is 5.48. The van der Waals surface area contributed by atoms with Crippen molar-refractivity contribution < 1.29 is 14.3 Å². The van der Waals surface area contributed by atoms with E-state index in [1.165, 1.54) is 7.11 Å². The lowest BCUT2D eigenvalue weighted by Gasteiger charge is -2.31. The summed E-state index contributed by atoms with van der Waals surface area (Å²) in [5.41, 5.74) is 6.19. The molecule has 1 aliphatic rings. The van der Waals surface area contributed by atoms with Gasteiger partial charge >= 0.3 is 0 Å². The minimum Gasteiger partial charge on any atom is -0.493 e. The Kier molecular flexibility index (Phi) is 5.01. The molecule has 0 saturated carbocycles. The van der Waals surface area contributed by atoms with Crippen molar-refractivity contribution >= 4 is 23.1 Å². The molecule has 2 N–H and O–H groups in total. The van der Waals surface area contributed by atoms with Crippen LogP contribution in [-0.4, -0.2) is 43.1 Å². The summed E-state index contributed by atoms with van der Waals surface area (Å²) in [4.78, 5) is 15.0. The monoisotopic (exact) mass is 308 g/mol. The molecule has 2 rings (SSSR count). The number of amides is 1. The highest BCUT2D eigenvalue weighted by molar-refractivity contribution is 7.80. The first-order valence-electron chi connectivity index (χ1n) is 6.88. The molecule has 1 saturated heterocycles. The molecular formula is C15H20N2O3S. The summed E-state index contributed by atoms with van der Waals surface area (Å²) in [6.07, 6.45) is 1.63. The number of likely N-dealkylation sites (tertiary alicyclic amines) is 1. The van der Waals surface area contributed by atoms with Gasteiger partial charge in [0.15, 0.2) is 11.5 Å². The Labute approximate surface area is 130 Å². The number of thiocarbonyl (C=S) groups is 1. The molecule has 1 aromatic carbocycles. The van der Waals surface area contributed by atoms with Gasteiger partial charge in [-0.15, -0.1) is 0 Å². The summed E-state index contributed by atoms with van der Waals surface area (Å²) in [7, 11) is 3.09. The van der Waals surface area contributed by atoms with Gasteiger partial charge in [0.05, 0.1) is 24.8 Å². The summed E-state index contributed by atoms with van der Waals surface area (Å²) >= 11 is 5.02. The second-order valence-electron chi connectivity index (χ2n) is 5.01. The van der Waals surface area contributed by atoms with Crippen molar-refractivity contribution in [3.8, 4) is 11.5 Å². The van der Waals surface area contributed by atoms with Crippen molar-refractivity contribution in [2.24, 2.45) is 11.7 Å². The Morgan fingerprint density at radius 1 is 1.29 bits per heavy atom. The standard InChI is InChI=1S/C15H20N2O3S/c1-19-12-5-3-4-11(13(12)20-2)15(18)17-8-6-10(7-9-17)14(16)21/h3-5,10H,6-9H2,1-2H3,(H2,16,21). The fraction of sp³-hybridized carbons (Fsp3) is 0.467. The Morgan fingerprint density at radius 3 is 2.48 bits per heavy atom. The first-order chi connectivity index (χ1) is 10.1. The van der Waals surface area contributed by atoms with Crippen LogP contribution in [0.25, 0.3) is 0 Å². The van der Waals surface area contributed by atoms with Gasteiger partial charge in [-0.2, -0.15) is 0 Å². The van der Waals surface area contributed by atoms with Crippen molar-refractivity contribution in [1.29, 1.82) is 0 Å². The van der Waals surface area contributed by atoms with Crippen LogP contribution in [-0.2, 0) is 0 Å². The molecule has 1 heterocycles. The normalized spacial score (nSPS) is 15.6. The van der Waals surface area contributed by atoms with E-state index in [1.54, 1.807) is 25.3 Å². The molecular weight excluding hydrogens is 288 g/mol. The minimum atomic E-state index is -0.0489. The van der Waals surface area contributed by atoms with Crippen molar-refractivity contribution in [3.63, 3.8) is 0 Å². The molecule has 0 radical (unpaired) electrons. The number of hydrogen-bond acceptors (Lipinski definition) is 4. The maximum Gasteiger partial charge on any atom is 0.257 e. The van der Waals surface area contributed by atoms with Crippen molar-refractivity contribution in [1.82, 2.24) is 4.90 Å². The van der Waals surface area contributed by atoms with E-state index in [-0.39, 0.29) is 11.8 Å². The summed E-state index contributed by atoms with van der Waals surface area (Å²) in [5.74, 6) is 1.21. The van der Waals surface area contributed by atoms with Gasteiger partial charge in [-0.05, 0) is 25.0 Å². The van der Waals surface area contributed by atoms with Gasteiger partial charge in [0.2, 0.25) is 0 Å². The number of ether oxygens (including phenoxy) is 2. The number of carbonyl (C=O) groups is 1. The molecule has 5 nitrogen and oxygen atoms in total. The van der Waals surface area contributed by atoms with Crippen LogP contribution in [0.2, 0.25) is 0 Å². The molecule has 1 fully saturated rings. The number of rotatable bonds is 4. The topological polar surface area (TPSA) is 64.8 Å². The minimum absolute atomic E-state index is 0.0489. The lowest BCUT2D eigenvalue weighted by Crippen LogP contribution is -2.41. The number of hydrogen-bond donors (Lipinski definition) is 1. The first-order valence-corrected chi connectivity index (χ1v) is 7.29. The number of nitrogens with two attached hydrogens (primary N) is 1. The van der Waals surface area contributed by atoms with E-state index in [1.807, 2.05) is 4.90 Å². The van der Waals surface area contributed by atoms with Gasteiger partial charge in [-0.3, -0.25) is 4.79 Å². The van der Waals surface area contributed by atoms with Crippen LogP contribution in [0.3, 0.4) is 0 Å². The maximum absolute atomic E-state index is 12.7. The number of carbonyl (C=O) groups excluding carboxylic acids is 1. The van der Waals surface area contributed by atoms with E-state index in [9.17, 15) is 4.79 Å². The molecule has 0 atom stereocenters. The van der Waals surface area contributed by atoms with Gasteiger partial charge in [0, 0.05) is 19.0 Å². The van der Waals surface area contributed by atoms with E-state index in [0.717, 1.165) is 12.8 Å². The largest absolute Gasteiger partial charge is 0.493 e. The molecule has 1 aliphatic heterocycles. The molecule has 1 aromatic rings. The van der Waals surface area contributed by atoms with Gasteiger partial charge < -0.3 is 20.1 Å². The van der Waals surface area contributed by atoms with Crippen LogP contribution in [0.15, 0.2) is 18.2 Å². The van der Waals surface area contributed by atoms with Crippen LogP contribution < -0.4 is 15.2 Å². The quantitative estimate of drug-likeness (QED) is 0.860. The number of methoxy groups -OCH3 is 2. The smallest absolute Gasteiger partial charge is 0.257 e. The van der Waals surface area contributed by atoms with Crippen LogP contribution in [0, 0.1) is 5.92 Å². The fourth-order valence-electron chi connectivity index (χ4n) is 2.59. The molecule has 0 aromatic heterocycles. The third-order valence-electron chi connectivity index (χ3n) is 3.82. The molecule has 6 heteroatoms. The van der Waals surface area contributed by atoms with Crippen LogP contribution in [0.5, 0.6) is 11.5 Å². The average molecular weight is 308 g/mol. The van der Waals surface area contributed by atoms with Crippen molar-refractivity contribution in [3.05, 3.63) is 23.8 Å². The summed E-state index contributed by atoms with van der Waals surface area (Å²) in [6.45, 7) is 1.31. The van der Waals surface area contributed by atoms with Crippen LogP contribution in [0.1, 0.15) is 23.2 Å². The van der Waals surface area contributed by atoms with Gasteiger partial charge in [-0.1, -0.05) is 18.3 Å². The summed E-state index contributed by atoms with van der Waals surface area (Å²) in [5, 5.41) is 0. The van der Waals surface area contributed by atoms with E-state index < -0.39 is 0 Å². The lowest BCUT2D eigenvalue weighted by molar-refractivity contribution is 0.0706. The molecule has 0 unspecified atom stereocenters. The molecule has 114 valence electrons. The fourth-order valence-corrected chi connectivity index (χ4v) is 2.83. The van der Waals surface area contributed by atoms with Gasteiger partial charge in [0.1, 0.15) is 0 Å². The Hall–Kier alpha value is -1.82. The van der Waals surface area contributed by atoms with Gasteiger partial charge in [-0.25, -0.2) is 0 Å². The highest BCUT2D eigenvalue weighted by Crippen LogP contribution is 2.32. The van der Waals surface area contributed by atoms with E-state index in [0.29, 0.717) is 35.1 Å². The highest BCUT2D eigenvalue weighted by atomic mass is 32.1. The number of para-hydroxylation sites is 1. The van der Waals surface area contributed by atoms with E-state index in [2.05, 4.69) is 0 Å². The summed E-state index contributed by atoms with van der Waals surface area (Å²) < 4.78 is 10.6. The molecule has 0 aliphatic carbocycles. The summed E-state index contributed by atoms with van der Waals surface area (Å²) in [6, 6.07) is 5.31. The van der Waals surface area contributed by atoms with Crippen LogP contribution in [0.4, 0.5) is 0 Å². The Balaban J connectivity index is 2.16. The predicted octanol–water partition coefficient (Wildman–Crippen LogP) is 1.84.